The molecule has 0 spiro atoms. The topological polar surface area (TPSA) is 62.5 Å². The quantitative estimate of drug-likeness (QED) is 0.673. The number of carbonyl (C=O) groups is 2. The molecule has 29 heavy (non-hydrogen) atoms. The van der Waals surface area contributed by atoms with E-state index in [-0.39, 0.29) is 18.4 Å². The van der Waals surface area contributed by atoms with Crippen LogP contribution in [0.3, 0.4) is 0 Å². The Morgan fingerprint density at radius 1 is 1.10 bits per heavy atom. The first kappa shape index (κ1) is 19.0. The van der Waals surface area contributed by atoms with E-state index in [0.29, 0.717) is 27.8 Å². The smallest absolute Gasteiger partial charge is 0.294 e. The monoisotopic (exact) mass is 408 g/mol. The van der Waals surface area contributed by atoms with Gasteiger partial charge < -0.3 is 10.1 Å². The second kappa shape index (κ2) is 7.93. The summed E-state index contributed by atoms with van der Waals surface area (Å²) in [5.74, 6) is 0.147. The number of rotatable bonds is 4. The molecule has 1 unspecified atom stereocenters. The zero-order chi connectivity index (χ0) is 20.4. The van der Waals surface area contributed by atoms with Gasteiger partial charge in [-0.25, -0.2) is 0 Å². The number of fused-ring (bicyclic) bond motifs is 1. The minimum atomic E-state index is -0.862. The maximum atomic E-state index is 13.3. The van der Waals surface area contributed by atoms with E-state index in [1.807, 2.05) is 18.2 Å². The number of halogens is 1. The number of hydrogen-bond donors (Lipinski definition) is 1. The molecule has 1 atom stereocenters. The van der Waals surface area contributed by atoms with Crippen molar-refractivity contribution >= 4 is 34.8 Å². The van der Waals surface area contributed by atoms with Crippen LogP contribution in [-0.2, 0) is 16.1 Å². The van der Waals surface area contributed by atoms with E-state index in [2.05, 4.69) is 5.32 Å². The van der Waals surface area contributed by atoms with E-state index in [1.54, 1.807) is 66.4 Å². The number of benzene rings is 2. The van der Waals surface area contributed by atoms with Crippen LogP contribution in [0.15, 0.2) is 72.9 Å². The van der Waals surface area contributed by atoms with Crippen molar-refractivity contribution in [2.24, 2.45) is 0 Å². The first-order valence-corrected chi connectivity index (χ1v) is 9.46. The number of methoxy groups -OCH3 is 1. The Kier molecular flexibility index (Phi) is 5.18. The third-order valence-corrected chi connectivity index (χ3v) is 5.13. The van der Waals surface area contributed by atoms with Crippen molar-refractivity contribution in [3.05, 3.63) is 83.6 Å². The highest BCUT2D eigenvalue weighted by atomic mass is 35.5. The molecule has 6 nitrogen and oxygen atoms in total. The van der Waals surface area contributed by atoms with Crippen LogP contribution in [0.4, 0.5) is 11.4 Å². The van der Waals surface area contributed by atoms with Crippen molar-refractivity contribution in [1.82, 2.24) is 0 Å². The fraction of sp³-hybridized carbons (Fsp3) is 0.136. The Labute approximate surface area is 173 Å². The summed E-state index contributed by atoms with van der Waals surface area (Å²) in [6, 6.07) is 18.7. The summed E-state index contributed by atoms with van der Waals surface area (Å²) < 4.78 is 6.94. The highest BCUT2D eigenvalue weighted by Gasteiger charge is 2.44. The van der Waals surface area contributed by atoms with Gasteiger partial charge in [0.15, 0.2) is 6.20 Å². The molecule has 0 saturated carbocycles. The minimum absolute atomic E-state index is 0.133. The molecule has 2 aromatic carbocycles. The molecule has 1 aromatic heterocycles. The van der Waals surface area contributed by atoms with Gasteiger partial charge in [-0.05, 0) is 36.4 Å². The lowest BCUT2D eigenvalue weighted by molar-refractivity contribution is -0.695. The Hall–Kier alpha value is -3.38. The van der Waals surface area contributed by atoms with Gasteiger partial charge in [-0.2, -0.15) is 4.57 Å². The molecule has 1 N–H and O–H groups in total. The molecule has 1 aliphatic rings. The summed E-state index contributed by atoms with van der Waals surface area (Å²) in [7, 11) is 1.58. The summed E-state index contributed by atoms with van der Waals surface area (Å²) in [4.78, 5) is 27.8. The Morgan fingerprint density at radius 2 is 1.83 bits per heavy atom. The van der Waals surface area contributed by atoms with E-state index in [4.69, 9.17) is 16.3 Å². The Morgan fingerprint density at radius 3 is 2.55 bits per heavy atom. The molecule has 0 aliphatic carbocycles. The zero-order valence-electron chi connectivity index (χ0n) is 15.7. The fourth-order valence-electron chi connectivity index (χ4n) is 3.44. The van der Waals surface area contributed by atoms with Crippen molar-refractivity contribution < 1.29 is 18.9 Å². The van der Waals surface area contributed by atoms with Crippen molar-refractivity contribution in [2.45, 2.75) is 12.6 Å². The van der Waals surface area contributed by atoms with Crippen LogP contribution in [0.1, 0.15) is 11.7 Å². The molecule has 2 amide bonds. The van der Waals surface area contributed by atoms with Crippen LogP contribution in [0.25, 0.3) is 0 Å². The molecule has 3 aromatic rings. The number of hydrogen-bond acceptors (Lipinski definition) is 3. The lowest BCUT2D eigenvalue weighted by atomic mass is 10.0. The number of nitrogens with zero attached hydrogens (tertiary/aromatic N) is 2. The summed E-state index contributed by atoms with van der Waals surface area (Å²) >= 11 is 6.37. The minimum Gasteiger partial charge on any atom is -0.497 e. The van der Waals surface area contributed by atoms with E-state index in [1.165, 1.54) is 4.90 Å². The molecule has 146 valence electrons. The molecule has 2 heterocycles. The number of carbonyl (C=O) groups excluding carboxylic acids is 2. The average Bonchev–Trinajstić information content (AvgIpc) is 2.74. The van der Waals surface area contributed by atoms with E-state index >= 15 is 0 Å². The first-order chi connectivity index (χ1) is 14.1. The van der Waals surface area contributed by atoms with Crippen LogP contribution >= 0.6 is 11.6 Å². The van der Waals surface area contributed by atoms with Gasteiger partial charge in [0, 0.05) is 17.8 Å². The summed E-state index contributed by atoms with van der Waals surface area (Å²) in [5, 5.41) is 3.31. The highest BCUT2D eigenvalue weighted by molar-refractivity contribution is 6.34. The molecule has 0 fully saturated rings. The van der Waals surface area contributed by atoms with Crippen LogP contribution in [-0.4, -0.2) is 18.9 Å². The number of anilines is 2. The molecule has 0 bridgehead atoms. The number of aromatic nitrogens is 1. The Bertz CT molecular complexity index is 1070. The van der Waals surface area contributed by atoms with Crippen molar-refractivity contribution in [3.63, 3.8) is 0 Å². The maximum absolute atomic E-state index is 13.3. The number of amides is 2. The summed E-state index contributed by atoms with van der Waals surface area (Å²) in [5.41, 5.74) is 1.82. The third kappa shape index (κ3) is 3.67. The molecular weight excluding hydrogens is 390 g/mol. The second-order valence-electron chi connectivity index (χ2n) is 6.59. The summed E-state index contributed by atoms with van der Waals surface area (Å²) in [6.07, 6.45) is 1.80. The average molecular weight is 409 g/mol. The van der Waals surface area contributed by atoms with E-state index in [0.717, 1.165) is 0 Å². The van der Waals surface area contributed by atoms with Crippen LogP contribution in [0, 0.1) is 0 Å². The molecule has 0 saturated heterocycles. The van der Waals surface area contributed by atoms with Crippen molar-refractivity contribution in [1.29, 1.82) is 0 Å². The predicted octanol–water partition coefficient (Wildman–Crippen LogP) is 3.36. The van der Waals surface area contributed by atoms with Gasteiger partial charge in [0.25, 0.3) is 11.8 Å². The van der Waals surface area contributed by atoms with Gasteiger partial charge in [0.2, 0.25) is 18.3 Å². The largest absolute Gasteiger partial charge is 0.497 e. The number of nitrogens with one attached hydrogen (secondary N) is 1. The SMILES string of the molecule is COc1ccc(NC(=O)C2c3cccc[n+]3CC(=O)N2c2ccccc2Cl)cc1. The van der Waals surface area contributed by atoms with Gasteiger partial charge in [0.1, 0.15) is 5.75 Å². The van der Waals surface area contributed by atoms with Crippen molar-refractivity contribution in [2.75, 3.05) is 17.3 Å². The molecule has 1 aliphatic heterocycles. The molecule has 0 radical (unpaired) electrons. The zero-order valence-corrected chi connectivity index (χ0v) is 16.5. The van der Waals surface area contributed by atoms with Crippen LogP contribution < -0.4 is 19.5 Å². The van der Waals surface area contributed by atoms with Crippen LogP contribution in [0.2, 0.25) is 5.02 Å². The predicted molar refractivity (Wildman–Crippen MR) is 110 cm³/mol. The first-order valence-electron chi connectivity index (χ1n) is 9.08. The Balaban J connectivity index is 1.75. The number of para-hydroxylation sites is 1. The molecule has 4 rings (SSSR count). The summed E-state index contributed by atoms with van der Waals surface area (Å²) in [6.45, 7) is 0.133. The van der Waals surface area contributed by atoms with Gasteiger partial charge in [-0.15, -0.1) is 0 Å². The van der Waals surface area contributed by atoms with Gasteiger partial charge in [-0.3, -0.25) is 14.5 Å². The standard InChI is InChI=1S/C22H18ClN3O3/c1-29-16-11-9-15(10-12-16)24-22(28)21-19-8-4-5-13-25(19)14-20(27)26(21)18-7-3-2-6-17(18)23/h2-13,21H,14H2,1H3/p+1. The van der Waals surface area contributed by atoms with E-state index < -0.39 is 6.04 Å². The number of ether oxygens (including phenoxy) is 1. The highest BCUT2D eigenvalue weighted by Crippen LogP contribution is 2.34. The van der Waals surface area contributed by atoms with Gasteiger partial charge >= 0.3 is 0 Å². The van der Waals surface area contributed by atoms with Crippen LogP contribution in [0.5, 0.6) is 5.75 Å². The van der Waals surface area contributed by atoms with Gasteiger partial charge in [-0.1, -0.05) is 29.8 Å². The third-order valence-electron chi connectivity index (χ3n) is 4.81. The second-order valence-corrected chi connectivity index (χ2v) is 7.00. The molecular formula is C22H19ClN3O3+. The van der Waals surface area contributed by atoms with E-state index in [9.17, 15) is 9.59 Å². The normalized spacial score (nSPS) is 15.6. The number of pyridine rings is 1. The van der Waals surface area contributed by atoms with Gasteiger partial charge in [0.05, 0.1) is 17.8 Å². The maximum Gasteiger partial charge on any atom is 0.294 e. The molecule has 7 heteroatoms. The fourth-order valence-corrected chi connectivity index (χ4v) is 3.66. The lowest BCUT2D eigenvalue weighted by Crippen LogP contribution is -2.58. The lowest BCUT2D eigenvalue weighted by Gasteiger charge is -2.32. The van der Waals surface area contributed by atoms with Crippen molar-refractivity contribution in [3.8, 4) is 5.75 Å².